The summed E-state index contributed by atoms with van der Waals surface area (Å²) in [6.07, 6.45) is 0.396. The smallest absolute Gasteiger partial charge is 0.247 e. The molecule has 0 atom stereocenters. The average molecular weight is 246 g/mol. The van der Waals surface area contributed by atoms with Crippen molar-refractivity contribution in [3.8, 4) is 11.5 Å². The Bertz CT molecular complexity index is 509. The highest BCUT2D eigenvalue weighted by Gasteiger charge is 2.14. The third-order valence-corrected chi connectivity index (χ3v) is 2.79. The molecule has 0 bridgehead atoms. The summed E-state index contributed by atoms with van der Waals surface area (Å²) in [5, 5.41) is 16.6. The molecule has 0 saturated carbocycles. The van der Waals surface area contributed by atoms with Crippen LogP contribution in [-0.4, -0.2) is 21.9 Å². The maximum atomic E-state index is 8.80. The van der Waals surface area contributed by atoms with Gasteiger partial charge in [0.25, 0.3) is 0 Å². The van der Waals surface area contributed by atoms with Gasteiger partial charge in [-0.05, 0) is 23.1 Å². The van der Waals surface area contributed by atoms with E-state index in [9.17, 15) is 0 Å². The predicted octanol–water partition coefficient (Wildman–Crippen LogP) is 2.57. The molecule has 4 nitrogen and oxygen atoms in total. The van der Waals surface area contributed by atoms with Crippen LogP contribution in [0.1, 0.15) is 32.2 Å². The van der Waals surface area contributed by atoms with Gasteiger partial charge < -0.3 is 9.52 Å². The molecule has 0 aliphatic carbocycles. The standard InChI is InChI=1S/C14H18N2O2/c1-14(2,3)11-6-4-10(5-7-11)13-16-15-12(18-13)8-9-17/h4-7,17H,8-9H2,1-3H3. The van der Waals surface area contributed by atoms with Crippen LogP contribution in [0.3, 0.4) is 0 Å². The third kappa shape index (κ3) is 2.76. The summed E-state index contributed by atoms with van der Waals surface area (Å²) in [6.45, 7) is 6.54. The van der Waals surface area contributed by atoms with Gasteiger partial charge in [-0.1, -0.05) is 32.9 Å². The number of benzene rings is 1. The molecule has 96 valence electrons. The molecule has 1 heterocycles. The molecule has 1 aromatic carbocycles. The van der Waals surface area contributed by atoms with Gasteiger partial charge in [-0.15, -0.1) is 10.2 Å². The Kier molecular flexibility index (Phi) is 3.48. The highest BCUT2D eigenvalue weighted by atomic mass is 16.4. The molecule has 4 heteroatoms. The highest BCUT2D eigenvalue weighted by molar-refractivity contribution is 5.53. The van der Waals surface area contributed by atoms with E-state index in [4.69, 9.17) is 9.52 Å². The Morgan fingerprint density at radius 3 is 2.33 bits per heavy atom. The summed E-state index contributed by atoms with van der Waals surface area (Å²) in [4.78, 5) is 0. The number of aromatic nitrogens is 2. The van der Waals surface area contributed by atoms with Crippen LogP contribution in [0.5, 0.6) is 0 Å². The van der Waals surface area contributed by atoms with Gasteiger partial charge in [0.05, 0.1) is 6.61 Å². The third-order valence-electron chi connectivity index (χ3n) is 2.79. The molecule has 0 unspecified atom stereocenters. The van der Waals surface area contributed by atoms with Crippen molar-refractivity contribution in [2.45, 2.75) is 32.6 Å². The van der Waals surface area contributed by atoms with Crippen molar-refractivity contribution >= 4 is 0 Å². The van der Waals surface area contributed by atoms with Crippen LogP contribution in [-0.2, 0) is 11.8 Å². The fourth-order valence-corrected chi connectivity index (χ4v) is 1.68. The van der Waals surface area contributed by atoms with Crippen molar-refractivity contribution in [1.82, 2.24) is 10.2 Å². The van der Waals surface area contributed by atoms with E-state index in [1.807, 2.05) is 12.1 Å². The monoisotopic (exact) mass is 246 g/mol. The quantitative estimate of drug-likeness (QED) is 0.904. The normalized spacial score (nSPS) is 11.8. The first kappa shape index (κ1) is 12.8. The second-order valence-electron chi connectivity index (χ2n) is 5.30. The van der Waals surface area contributed by atoms with E-state index in [0.29, 0.717) is 18.2 Å². The zero-order chi connectivity index (χ0) is 13.2. The van der Waals surface area contributed by atoms with Crippen LogP contribution in [0.4, 0.5) is 0 Å². The number of aliphatic hydroxyl groups is 1. The van der Waals surface area contributed by atoms with Crippen molar-refractivity contribution in [2.75, 3.05) is 6.61 Å². The number of nitrogens with zero attached hydrogens (tertiary/aromatic N) is 2. The SMILES string of the molecule is CC(C)(C)c1ccc(-c2nnc(CCO)o2)cc1. The van der Waals surface area contributed by atoms with Crippen molar-refractivity contribution in [3.05, 3.63) is 35.7 Å². The first-order valence-electron chi connectivity index (χ1n) is 6.05. The Hall–Kier alpha value is -1.68. The van der Waals surface area contributed by atoms with Crippen molar-refractivity contribution < 1.29 is 9.52 Å². The van der Waals surface area contributed by atoms with E-state index in [2.05, 4.69) is 43.1 Å². The second-order valence-corrected chi connectivity index (χ2v) is 5.30. The lowest BCUT2D eigenvalue weighted by Crippen LogP contribution is -2.10. The molecule has 0 aliphatic rings. The Labute approximate surface area is 107 Å². The lowest BCUT2D eigenvalue weighted by Gasteiger charge is -2.18. The molecule has 0 amide bonds. The summed E-state index contributed by atoms with van der Waals surface area (Å²) < 4.78 is 5.45. The molecule has 2 rings (SSSR count). The minimum Gasteiger partial charge on any atom is -0.421 e. The predicted molar refractivity (Wildman–Crippen MR) is 69.2 cm³/mol. The molecule has 2 aromatic rings. The molecule has 0 spiro atoms. The zero-order valence-electron chi connectivity index (χ0n) is 11.0. The molecule has 0 aliphatic heterocycles. The van der Waals surface area contributed by atoms with Gasteiger partial charge in [0.1, 0.15) is 0 Å². The van der Waals surface area contributed by atoms with Crippen LogP contribution >= 0.6 is 0 Å². The van der Waals surface area contributed by atoms with Crippen LogP contribution in [0, 0.1) is 0 Å². The minimum absolute atomic E-state index is 0.0184. The summed E-state index contributed by atoms with van der Waals surface area (Å²) in [7, 11) is 0. The highest BCUT2D eigenvalue weighted by Crippen LogP contribution is 2.25. The van der Waals surface area contributed by atoms with E-state index >= 15 is 0 Å². The summed E-state index contributed by atoms with van der Waals surface area (Å²) in [6, 6.07) is 8.12. The van der Waals surface area contributed by atoms with E-state index in [1.165, 1.54) is 5.56 Å². The number of rotatable bonds is 3. The molecule has 18 heavy (non-hydrogen) atoms. The Morgan fingerprint density at radius 1 is 1.11 bits per heavy atom. The minimum atomic E-state index is 0.0184. The summed E-state index contributed by atoms with van der Waals surface area (Å²) in [5.74, 6) is 0.964. The summed E-state index contributed by atoms with van der Waals surface area (Å²) in [5.41, 5.74) is 2.30. The molecule has 1 aromatic heterocycles. The lowest BCUT2D eigenvalue weighted by molar-refractivity contribution is 0.285. The number of hydrogen-bond donors (Lipinski definition) is 1. The maximum Gasteiger partial charge on any atom is 0.247 e. The number of hydrogen-bond acceptors (Lipinski definition) is 4. The molecule has 0 radical (unpaired) electrons. The van der Waals surface area contributed by atoms with Crippen LogP contribution in [0.15, 0.2) is 28.7 Å². The van der Waals surface area contributed by atoms with Crippen molar-refractivity contribution in [1.29, 1.82) is 0 Å². The molecular formula is C14H18N2O2. The Morgan fingerprint density at radius 2 is 1.78 bits per heavy atom. The largest absolute Gasteiger partial charge is 0.421 e. The zero-order valence-corrected chi connectivity index (χ0v) is 11.0. The molecule has 1 N–H and O–H groups in total. The van der Waals surface area contributed by atoms with E-state index in [0.717, 1.165) is 5.56 Å². The van der Waals surface area contributed by atoms with Crippen LogP contribution in [0.2, 0.25) is 0 Å². The van der Waals surface area contributed by atoms with E-state index in [1.54, 1.807) is 0 Å². The number of aliphatic hydroxyl groups excluding tert-OH is 1. The van der Waals surface area contributed by atoms with E-state index in [-0.39, 0.29) is 12.0 Å². The van der Waals surface area contributed by atoms with Crippen molar-refractivity contribution in [3.63, 3.8) is 0 Å². The first-order chi connectivity index (χ1) is 8.50. The van der Waals surface area contributed by atoms with Crippen molar-refractivity contribution in [2.24, 2.45) is 0 Å². The maximum absolute atomic E-state index is 8.80. The summed E-state index contributed by atoms with van der Waals surface area (Å²) >= 11 is 0. The first-order valence-corrected chi connectivity index (χ1v) is 6.05. The topological polar surface area (TPSA) is 59.2 Å². The van der Waals surface area contributed by atoms with Gasteiger partial charge in [-0.3, -0.25) is 0 Å². The fourth-order valence-electron chi connectivity index (χ4n) is 1.68. The fraction of sp³-hybridized carbons (Fsp3) is 0.429. The molecular weight excluding hydrogens is 228 g/mol. The van der Waals surface area contributed by atoms with Gasteiger partial charge in [-0.25, -0.2) is 0 Å². The molecule has 0 saturated heterocycles. The molecule has 0 fully saturated rings. The van der Waals surface area contributed by atoms with Crippen LogP contribution < -0.4 is 0 Å². The second kappa shape index (κ2) is 4.90. The van der Waals surface area contributed by atoms with Gasteiger partial charge in [-0.2, -0.15) is 0 Å². The van der Waals surface area contributed by atoms with Gasteiger partial charge in [0.2, 0.25) is 11.8 Å². The average Bonchev–Trinajstić information content (AvgIpc) is 2.77. The van der Waals surface area contributed by atoms with E-state index < -0.39 is 0 Å². The van der Waals surface area contributed by atoms with Gasteiger partial charge in [0.15, 0.2) is 0 Å². The Balaban J connectivity index is 2.23. The van der Waals surface area contributed by atoms with Gasteiger partial charge in [0, 0.05) is 12.0 Å². The lowest BCUT2D eigenvalue weighted by atomic mass is 9.87. The van der Waals surface area contributed by atoms with Crippen LogP contribution in [0.25, 0.3) is 11.5 Å². The van der Waals surface area contributed by atoms with Gasteiger partial charge >= 0.3 is 0 Å².